The monoisotopic (exact) mass is 472 g/mol. The number of nitrogens with one attached hydrogen (secondary N) is 1. The van der Waals surface area contributed by atoms with Gasteiger partial charge in [0.05, 0.1) is 19.9 Å². The first kappa shape index (κ1) is 20.6. The summed E-state index contributed by atoms with van der Waals surface area (Å²) in [6.07, 6.45) is 1.09. The zero-order chi connectivity index (χ0) is 23.2. The van der Waals surface area contributed by atoms with Crippen LogP contribution in [-0.2, 0) is 0 Å². The van der Waals surface area contributed by atoms with Gasteiger partial charge in [-0.05, 0) is 42.0 Å². The van der Waals surface area contributed by atoms with Crippen molar-refractivity contribution in [2.45, 2.75) is 12.1 Å². The molecule has 2 aliphatic rings. The topological polar surface area (TPSA) is 70.4 Å². The maximum atomic E-state index is 6.66. The molecule has 34 heavy (non-hydrogen) atoms. The van der Waals surface area contributed by atoms with E-state index in [1.54, 1.807) is 20.5 Å². The molecule has 0 fully saturated rings. The van der Waals surface area contributed by atoms with Crippen molar-refractivity contribution in [3.05, 3.63) is 100 Å². The Morgan fingerprint density at radius 3 is 2.71 bits per heavy atom. The van der Waals surface area contributed by atoms with E-state index >= 15 is 0 Å². The maximum absolute atomic E-state index is 6.66. The molecule has 4 aromatic rings. The van der Waals surface area contributed by atoms with E-state index in [-0.39, 0.29) is 6.04 Å². The molecule has 0 saturated carbocycles. The van der Waals surface area contributed by atoms with E-state index in [2.05, 4.69) is 15.4 Å². The third kappa shape index (κ3) is 3.20. The molecule has 0 bridgehead atoms. The van der Waals surface area contributed by atoms with E-state index in [4.69, 9.17) is 25.8 Å². The lowest BCUT2D eigenvalue weighted by Crippen LogP contribution is -2.32. The minimum Gasteiger partial charge on any atom is -0.497 e. The lowest BCUT2D eigenvalue weighted by atomic mass is 9.84. The number of benzene rings is 3. The van der Waals surface area contributed by atoms with Crippen LogP contribution in [0.4, 0.5) is 5.95 Å². The second-order valence-electron chi connectivity index (χ2n) is 8.04. The van der Waals surface area contributed by atoms with Crippen LogP contribution in [0.1, 0.15) is 28.8 Å². The molecule has 3 heterocycles. The lowest BCUT2D eigenvalue weighted by molar-refractivity contribution is 0.217. The maximum Gasteiger partial charge on any atom is 0.226 e. The minimum atomic E-state index is -0.459. The lowest BCUT2D eigenvalue weighted by Gasteiger charge is -2.39. The third-order valence-corrected chi connectivity index (χ3v) is 6.44. The number of aromatic nitrogens is 3. The summed E-state index contributed by atoms with van der Waals surface area (Å²) in [4.78, 5) is 4.46. The van der Waals surface area contributed by atoms with E-state index in [9.17, 15) is 0 Å². The van der Waals surface area contributed by atoms with Crippen LogP contribution in [-0.4, -0.2) is 29.0 Å². The third-order valence-electron chi connectivity index (χ3n) is 6.21. The molecule has 1 aromatic heterocycles. The summed E-state index contributed by atoms with van der Waals surface area (Å²) < 4.78 is 19.7. The first-order valence-corrected chi connectivity index (χ1v) is 11.2. The smallest absolute Gasteiger partial charge is 0.226 e. The van der Waals surface area contributed by atoms with Gasteiger partial charge >= 0.3 is 0 Å². The summed E-state index contributed by atoms with van der Waals surface area (Å²) in [5.74, 6) is 2.80. The molecule has 0 spiro atoms. The van der Waals surface area contributed by atoms with E-state index < -0.39 is 6.10 Å². The first-order valence-electron chi connectivity index (χ1n) is 10.8. The van der Waals surface area contributed by atoms with E-state index in [1.807, 2.05) is 71.4 Å². The van der Waals surface area contributed by atoms with Crippen molar-refractivity contribution in [3.63, 3.8) is 0 Å². The van der Waals surface area contributed by atoms with Gasteiger partial charge in [-0.3, -0.25) is 0 Å². The summed E-state index contributed by atoms with van der Waals surface area (Å²) in [7, 11) is 3.28. The summed E-state index contributed by atoms with van der Waals surface area (Å²) in [5.41, 5.74) is 4.75. The van der Waals surface area contributed by atoms with Crippen LogP contribution in [0.5, 0.6) is 17.2 Å². The van der Waals surface area contributed by atoms with E-state index in [0.717, 1.165) is 33.7 Å². The van der Waals surface area contributed by atoms with Crippen molar-refractivity contribution in [2.75, 3.05) is 19.5 Å². The predicted octanol–water partition coefficient (Wildman–Crippen LogP) is 5.51. The highest BCUT2D eigenvalue weighted by Gasteiger charge is 2.41. The van der Waals surface area contributed by atoms with Crippen LogP contribution in [0.2, 0.25) is 5.02 Å². The average Bonchev–Trinajstić information content (AvgIpc) is 3.35. The molecule has 7 nitrogen and oxygen atoms in total. The number of fused-ring (bicyclic) bond motifs is 3. The number of hydrogen-bond donors (Lipinski definition) is 1. The highest BCUT2D eigenvalue weighted by molar-refractivity contribution is 6.30. The average molecular weight is 473 g/mol. The molecule has 6 rings (SSSR count). The Morgan fingerprint density at radius 1 is 1.00 bits per heavy atom. The molecule has 0 amide bonds. The molecule has 170 valence electrons. The minimum absolute atomic E-state index is 0.294. The molecule has 2 atom stereocenters. The molecule has 0 aliphatic carbocycles. The van der Waals surface area contributed by atoms with Gasteiger partial charge in [-0.25, -0.2) is 4.68 Å². The molecular formula is C26H21ClN4O3. The second kappa shape index (κ2) is 8.11. The highest BCUT2D eigenvalue weighted by atomic mass is 35.5. The molecule has 2 unspecified atom stereocenters. The van der Waals surface area contributed by atoms with Gasteiger partial charge in [0, 0.05) is 27.8 Å². The van der Waals surface area contributed by atoms with Crippen molar-refractivity contribution in [1.82, 2.24) is 14.8 Å². The highest BCUT2D eigenvalue weighted by Crippen LogP contribution is 2.52. The van der Waals surface area contributed by atoms with Gasteiger partial charge in [0.15, 0.2) is 6.10 Å². The van der Waals surface area contributed by atoms with Crippen molar-refractivity contribution in [3.8, 4) is 17.2 Å². The standard InChI is InChI=1S/C26H21ClN4O3/c1-32-17-10-11-19(21(13-17)33-2)25-22-23(18-8-3-4-9-20(18)34-25)30-26-28-14-29-31(26)24(22)15-6-5-7-16(27)12-15/h3-14,24-25H,1-2H3,(H,28,29,30). The zero-order valence-electron chi connectivity index (χ0n) is 18.5. The Balaban J connectivity index is 1.63. The second-order valence-corrected chi connectivity index (χ2v) is 8.48. The predicted molar refractivity (Wildman–Crippen MR) is 130 cm³/mol. The fourth-order valence-electron chi connectivity index (χ4n) is 4.71. The summed E-state index contributed by atoms with van der Waals surface area (Å²) in [5, 5.41) is 8.70. The van der Waals surface area contributed by atoms with Crippen LogP contribution in [0.25, 0.3) is 5.70 Å². The number of halogens is 1. The summed E-state index contributed by atoms with van der Waals surface area (Å²) >= 11 is 6.41. The van der Waals surface area contributed by atoms with Crippen molar-refractivity contribution < 1.29 is 14.2 Å². The van der Waals surface area contributed by atoms with Gasteiger partial charge in [0.1, 0.15) is 29.6 Å². The number of ether oxygens (including phenoxy) is 3. The summed E-state index contributed by atoms with van der Waals surface area (Å²) in [6.45, 7) is 0. The van der Waals surface area contributed by atoms with Crippen molar-refractivity contribution in [2.24, 2.45) is 0 Å². The van der Waals surface area contributed by atoms with Gasteiger partial charge in [-0.1, -0.05) is 35.9 Å². The normalized spacial score (nSPS) is 18.2. The number of methoxy groups -OCH3 is 2. The van der Waals surface area contributed by atoms with Gasteiger partial charge in [0.2, 0.25) is 5.95 Å². The molecule has 2 aliphatic heterocycles. The molecule has 0 radical (unpaired) electrons. The van der Waals surface area contributed by atoms with Gasteiger partial charge in [-0.15, -0.1) is 0 Å². The fourth-order valence-corrected chi connectivity index (χ4v) is 4.91. The number of hydrogen-bond acceptors (Lipinski definition) is 6. The van der Waals surface area contributed by atoms with Crippen LogP contribution in [0.3, 0.4) is 0 Å². The number of para-hydroxylation sites is 1. The Hall–Kier alpha value is -3.97. The van der Waals surface area contributed by atoms with Crippen molar-refractivity contribution in [1.29, 1.82) is 0 Å². The first-order chi connectivity index (χ1) is 16.7. The van der Waals surface area contributed by atoms with Crippen molar-refractivity contribution >= 4 is 23.2 Å². The van der Waals surface area contributed by atoms with Crippen LogP contribution >= 0.6 is 11.6 Å². The van der Waals surface area contributed by atoms with E-state index in [0.29, 0.717) is 22.5 Å². The Kier molecular flexibility index (Phi) is 4.92. The van der Waals surface area contributed by atoms with Gasteiger partial charge < -0.3 is 19.5 Å². The molecular weight excluding hydrogens is 452 g/mol. The number of rotatable bonds is 4. The molecule has 8 heteroatoms. The largest absolute Gasteiger partial charge is 0.497 e. The molecule has 3 aromatic carbocycles. The van der Waals surface area contributed by atoms with Crippen LogP contribution in [0, 0.1) is 0 Å². The molecule has 1 N–H and O–H groups in total. The van der Waals surface area contributed by atoms with Crippen LogP contribution < -0.4 is 19.5 Å². The van der Waals surface area contributed by atoms with Gasteiger partial charge in [0.25, 0.3) is 0 Å². The Morgan fingerprint density at radius 2 is 1.88 bits per heavy atom. The Bertz CT molecular complexity index is 1430. The van der Waals surface area contributed by atoms with E-state index in [1.165, 1.54) is 0 Å². The van der Waals surface area contributed by atoms with Crippen LogP contribution in [0.15, 0.2) is 78.6 Å². The van der Waals surface area contributed by atoms with Gasteiger partial charge in [-0.2, -0.15) is 10.1 Å². The molecule has 0 saturated heterocycles. The SMILES string of the molecule is COc1ccc(C2Oc3ccccc3C3=C2C(c2cccc(Cl)c2)n2ncnc2N3)c(OC)c1. The fraction of sp³-hybridized carbons (Fsp3) is 0.154. The Labute approximate surface area is 201 Å². The quantitative estimate of drug-likeness (QED) is 0.422. The number of anilines is 1. The number of nitrogens with zero attached hydrogens (tertiary/aromatic N) is 3. The zero-order valence-corrected chi connectivity index (χ0v) is 19.3. The summed E-state index contributed by atoms with van der Waals surface area (Å²) in [6, 6.07) is 21.2.